The van der Waals surface area contributed by atoms with E-state index in [0.717, 1.165) is 31.9 Å². The van der Waals surface area contributed by atoms with Gasteiger partial charge in [-0.05, 0) is 36.4 Å². The van der Waals surface area contributed by atoms with Crippen molar-refractivity contribution in [2.24, 2.45) is 0 Å². The van der Waals surface area contributed by atoms with Crippen LogP contribution in [-0.2, 0) is 9.59 Å². The highest BCUT2D eigenvalue weighted by Gasteiger charge is 2.43. The van der Waals surface area contributed by atoms with Gasteiger partial charge in [0.15, 0.2) is 0 Å². The van der Waals surface area contributed by atoms with Gasteiger partial charge in [0.2, 0.25) is 5.91 Å². The van der Waals surface area contributed by atoms with Gasteiger partial charge in [-0.3, -0.25) is 14.5 Å². The van der Waals surface area contributed by atoms with Gasteiger partial charge in [0.25, 0.3) is 5.91 Å². The second-order valence-electron chi connectivity index (χ2n) is 6.66. The lowest BCUT2D eigenvalue weighted by Crippen LogP contribution is -2.52. The standard InChI is InChI=1S/C20H21N3O3/c24-17-8-6-15(7-9-17)21-10-12-22(13-11-21)18-14-19(25)23(20(18)26)16-4-2-1-3-5-16/h1-9,18,24H,10-14H2/t18-/m0/s1. The summed E-state index contributed by atoms with van der Waals surface area (Å²) < 4.78 is 0. The van der Waals surface area contributed by atoms with Crippen LogP contribution in [0, 0.1) is 0 Å². The number of phenols is 1. The second kappa shape index (κ2) is 6.80. The van der Waals surface area contributed by atoms with E-state index in [0.29, 0.717) is 5.69 Å². The van der Waals surface area contributed by atoms with Crippen molar-refractivity contribution < 1.29 is 14.7 Å². The van der Waals surface area contributed by atoms with E-state index in [-0.39, 0.29) is 30.0 Å². The Morgan fingerprint density at radius 1 is 0.808 bits per heavy atom. The molecule has 2 heterocycles. The van der Waals surface area contributed by atoms with E-state index in [2.05, 4.69) is 9.80 Å². The highest BCUT2D eigenvalue weighted by Crippen LogP contribution is 2.27. The predicted octanol–water partition coefficient (Wildman–Crippen LogP) is 1.85. The summed E-state index contributed by atoms with van der Waals surface area (Å²) in [6.45, 7) is 3.03. The number of phenolic OH excluding ortho intramolecular Hbond substituents is 1. The lowest BCUT2D eigenvalue weighted by Gasteiger charge is -2.38. The van der Waals surface area contributed by atoms with E-state index >= 15 is 0 Å². The number of aromatic hydroxyl groups is 1. The molecular weight excluding hydrogens is 330 g/mol. The van der Waals surface area contributed by atoms with Gasteiger partial charge in [-0.1, -0.05) is 18.2 Å². The first-order valence-electron chi connectivity index (χ1n) is 8.83. The van der Waals surface area contributed by atoms with Gasteiger partial charge < -0.3 is 10.0 Å². The molecule has 0 saturated carbocycles. The van der Waals surface area contributed by atoms with E-state index in [9.17, 15) is 14.7 Å². The molecular formula is C20H21N3O3. The van der Waals surface area contributed by atoms with E-state index in [1.54, 1.807) is 24.3 Å². The van der Waals surface area contributed by atoms with Crippen LogP contribution in [0.3, 0.4) is 0 Å². The van der Waals surface area contributed by atoms with Crippen LogP contribution in [-0.4, -0.2) is 54.0 Å². The number of benzene rings is 2. The molecule has 2 fully saturated rings. The van der Waals surface area contributed by atoms with Crippen LogP contribution < -0.4 is 9.80 Å². The van der Waals surface area contributed by atoms with Crippen LogP contribution >= 0.6 is 0 Å². The molecule has 0 spiro atoms. The number of amides is 2. The number of carbonyl (C=O) groups excluding carboxylic acids is 2. The molecule has 0 aliphatic carbocycles. The van der Waals surface area contributed by atoms with Gasteiger partial charge in [0.1, 0.15) is 5.75 Å². The molecule has 2 saturated heterocycles. The Kier molecular flexibility index (Phi) is 4.34. The Morgan fingerprint density at radius 3 is 2.12 bits per heavy atom. The third kappa shape index (κ3) is 3.04. The summed E-state index contributed by atoms with van der Waals surface area (Å²) >= 11 is 0. The minimum atomic E-state index is -0.371. The second-order valence-corrected chi connectivity index (χ2v) is 6.66. The first-order chi connectivity index (χ1) is 12.6. The molecule has 4 rings (SSSR count). The maximum Gasteiger partial charge on any atom is 0.251 e. The molecule has 1 N–H and O–H groups in total. The highest BCUT2D eigenvalue weighted by atomic mass is 16.3. The summed E-state index contributed by atoms with van der Waals surface area (Å²) in [5.41, 5.74) is 1.70. The highest BCUT2D eigenvalue weighted by molar-refractivity contribution is 6.22. The van der Waals surface area contributed by atoms with E-state index < -0.39 is 0 Å². The van der Waals surface area contributed by atoms with Gasteiger partial charge in [-0.15, -0.1) is 0 Å². The Balaban J connectivity index is 1.42. The summed E-state index contributed by atoms with van der Waals surface area (Å²) in [6.07, 6.45) is 0.243. The molecule has 0 radical (unpaired) electrons. The minimum Gasteiger partial charge on any atom is -0.508 e. The van der Waals surface area contributed by atoms with Crippen molar-refractivity contribution in [3.8, 4) is 5.75 Å². The van der Waals surface area contributed by atoms with Crippen LogP contribution in [0.15, 0.2) is 54.6 Å². The van der Waals surface area contributed by atoms with Gasteiger partial charge >= 0.3 is 0 Å². The van der Waals surface area contributed by atoms with Crippen molar-refractivity contribution in [1.82, 2.24) is 4.90 Å². The number of hydrogen-bond donors (Lipinski definition) is 1. The number of imide groups is 1. The largest absolute Gasteiger partial charge is 0.508 e. The van der Waals surface area contributed by atoms with E-state index in [1.165, 1.54) is 4.90 Å². The van der Waals surface area contributed by atoms with Gasteiger partial charge in [-0.2, -0.15) is 0 Å². The third-order valence-corrected chi connectivity index (χ3v) is 5.11. The van der Waals surface area contributed by atoms with Crippen molar-refractivity contribution in [3.63, 3.8) is 0 Å². The molecule has 6 heteroatoms. The average Bonchev–Trinajstić information content (AvgIpc) is 2.97. The zero-order valence-corrected chi connectivity index (χ0v) is 14.4. The lowest BCUT2D eigenvalue weighted by atomic mass is 10.1. The number of piperazine rings is 1. The summed E-state index contributed by atoms with van der Waals surface area (Å²) in [6, 6.07) is 15.9. The van der Waals surface area contributed by atoms with Crippen LogP contribution in [0.1, 0.15) is 6.42 Å². The predicted molar refractivity (Wildman–Crippen MR) is 99.2 cm³/mol. The summed E-state index contributed by atoms with van der Waals surface area (Å²) in [4.78, 5) is 30.9. The molecule has 0 aromatic heterocycles. The van der Waals surface area contributed by atoms with Gasteiger partial charge in [0.05, 0.1) is 18.2 Å². The molecule has 2 aromatic carbocycles. The zero-order valence-electron chi connectivity index (χ0n) is 14.4. The summed E-state index contributed by atoms with van der Waals surface area (Å²) in [5.74, 6) is -0.00472. The topological polar surface area (TPSA) is 64.1 Å². The van der Waals surface area contributed by atoms with Gasteiger partial charge in [0, 0.05) is 31.9 Å². The Hall–Kier alpha value is -2.86. The third-order valence-electron chi connectivity index (χ3n) is 5.11. The first-order valence-corrected chi connectivity index (χ1v) is 8.83. The van der Waals surface area contributed by atoms with Crippen molar-refractivity contribution in [2.75, 3.05) is 36.0 Å². The quantitative estimate of drug-likeness (QED) is 0.855. The summed E-state index contributed by atoms with van der Waals surface area (Å²) in [7, 11) is 0. The number of anilines is 2. The molecule has 6 nitrogen and oxygen atoms in total. The van der Waals surface area contributed by atoms with Crippen molar-refractivity contribution in [1.29, 1.82) is 0 Å². The van der Waals surface area contributed by atoms with Crippen LogP contribution in [0.2, 0.25) is 0 Å². The number of carbonyl (C=O) groups is 2. The SMILES string of the molecule is O=C1C[C@H](N2CCN(c3ccc(O)cc3)CC2)C(=O)N1c1ccccc1. The molecule has 2 aliphatic rings. The minimum absolute atomic E-state index is 0.126. The van der Waals surface area contributed by atoms with E-state index in [4.69, 9.17) is 0 Å². The fourth-order valence-electron chi connectivity index (χ4n) is 3.70. The van der Waals surface area contributed by atoms with Crippen molar-refractivity contribution >= 4 is 23.2 Å². The number of para-hydroxylation sites is 1. The Labute approximate surface area is 152 Å². The molecule has 2 aliphatic heterocycles. The van der Waals surface area contributed by atoms with Gasteiger partial charge in [-0.25, -0.2) is 4.90 Å². The lowest BCUT2D eigenvalue weighted by molar-refractivity contribution is -0.123. The average molecular weight is 351 g/mol. The molecule has 134 valence electrons. The van der Waals surface area contributed by atoms with Crippen LogP contribution in [0.4, 0.5) is 11.4 Å². The smallest absolute Gasteiger partial charge is 0.251 e. The fraction of sp³-hybridized carbons (Fsp3) is 0.300. The van der Waals surface area contributed by atoms with Crippen molar-refractivity contribution in [2.45, 2.75) is 12.5 Å². The number of rotatable bonds is 3. The zero-order chi connectivity index (χ0) is 18.1. The normalized spacial score (nSPS) is 21.5. The Morgan fingerprint density at radius 2 is 1.46 bits per heavy atom. The van der Waals surface area contributed by atoms with E-state index in [1.807, 2.05) is 30.3 Å². The molecule has 0 bridgehead atoms. The van der Waals surface area contributed by atoms with Crippen molar-refractivity contribution in [3.05, 3.63) is 54.6 Å². The molecule has 0 unspecified atom stereocenters. The first kappa shape index (κ1) is 16.6. The molecule has 2 aromatic rings. The van der Waals surface area contributed by atoms with Crippen LogP contribution in [0.25, 0.3) is 0 Å². The maximum absolute atomic E-state index is 12.8. The molecule has 2 amide bonds. The Bertz CT molecular complexity index is 799. The molecule has 1 atom stereocenters. The number of nitrogens with zero attached hydrogens (tertiary/aromatic N) is 3. The maximum atomic E-state index is 12.8. The van der Waals surface area contributed by atoms with Crippen LogP contribution in [0.5, 0.6) is 5.75 Å². The summed E-state index contributed by atoms with van der Waals surface area (Å²) in [5, 5.41) is 9.41. The molecule has 26 heavy (non-hydrogen) atoms. The monoisotopic (exact) mass is 351 g/mol. The number of hydrogen-bond acceptors (Lipinski definition) is 5. The fourth-order valence-corrected chi connectivity index (χ4v) is 3.70.